The van der Waals surface area contributed by atoms with Crippen molar-refractivity contribution in [3.05, 3.63) is 139 Å². The Bertz CT molecular complexity index is 4350. The molecular weight excluding hydrogens is 1130 g/mol. The molecule has 2 aromatic carbocycles. The van der Waals surface area contributed by atoms with Gasteiger partial charge < -0.3 is 57.7 Å². The molecule has 0 spiro atoms. The molecule has 2 aliphatic carbocycles. The molecule has 0 radical (unpaired) electrons. The Morgan fingerprint density at radius 1 is 0.581 bits per heavy atom. The van der Waals surface area contributed by atoms with E-state index in [1.807, 2.05) is 76.3 Å². The highest BCUT2D eigenvalue weighted by Gasteiger charge is 2.29. The molecule has 2 saturated carbocycles. The topological polar surface area (TPSA) is 211 Å². The highest BCUT2D eigenvalue weighted by molar-refractivity contribution is 7.17. The molecule has 22 heteroatoms. The van der Waals surface area contributed by atoms with Gasteiger partial charge in [0.1, 0.15) is 32.1 Å². The van der Waals surface area contributed by atoms with Crippen molar-refractivity contribution in [2.24, 2.45) is 0 Å². The predicted octanol–water partition coefficient (Wildman–Crippen LogP) is 11.1. The third-order valence-corrected chi connectivity index (χ3v) is 18.2. The minimum Gasteiger partial charge on any atom is -0.439 e. The van der Waals surface area contributed by atoms with Gasteiger partial charge in [0.05, 0.1) is 32.0 Å². The van der Waals surface area contributed by atoms with E-state index in [1.54, 1.807) is 62.5 Å². The zero-order valence-electron chi connectivity index (χ0n) is 48.3. The van der Waals surface area contributed by atoms with Crippen LogP contribution in [0.4, 0.5) is 35.0 Å². The number of ether oxygens (including phenoxy) is 2. The fraction of sp³-hybridized carbons (Fsp3) is 0.344. The Hall–Kier alpha value is -8.88. The van der Waals surface area contributed by atoms with Gasteiger partial charge in [-0.2, -0.15) is 9.97 Å². The van der Waals surface area contributed by atoms with Crippen LogP contribution in [0, 0.1) is 11.8 Å². The summed E-state index contributed by atoms with van der Waals surface area (Å²) in [6.07, 6.45) is 12.3. The molecule has 2 amide bonds. The molecule has 0 unspecified atom stereocenters. The molecule has 8 aromatic heterocycles. The van der Waals surface area contributed by atoms with Crippen LogP contribution in [-0.4, -0.2) is 131 Å². The summed E-state index contributed by atoms with van der Waals surface area (Å²) in [5, 5.41) is 12.2. The van der Waals surface area contributed by atoms with E-state index < -0.39 is 0 Å². The van der Waals surface area contributed by atoms with Gasteiger partial charge in [0.2, 0.25) is 22.8 Å². The average Bonchev–Trinajstić information content (AvgIpc) is 2.04. The highest BCUT2D eigenvalue weighted by Crippen LogP contribution is 2.39. The molecule has 2 saturated heterocycles. The molecule has 10 heterocycles. The van der Waals surface area contributed by atoms with E-state index >= 15 is 0 Å². The molecule has 0 atom stereocenters. The number of hydrogen-bond acceptors (Lipinski definition) is 18. The van der Waals surface area contributed by atoms with Crippen LogP contribution in [-0.2, 0) is 9.47 Å². The van der Waals surface area contributed by atoms with Gasteiger partial charge in [-0.1, -0.05) is 49.7 Å². The number of amides is 2. The van der Waals surface area contributed by atoms with Gasteiger partial charge in [-0.15, -0.1) is 22.7 Å². The lowest BCUT2D eigenvalue weighted by molar-refractivity contribution is 0.0808. The number of carbonyl (C=O) groups is 2. The number of anilines is 6. The Morgan fingerprint density at radius 3 is 1.52 bits per heavy atom. The summed E-state index contributed by atoms with van der Waals surface area (Å²) in [5.41, 5.74) is 8.91. The fourth-order valence-corrected chi connectivity index (χ4v) is 13.5. The van der Waals surface area contributed by atoms with Gasteiger partial charge in [0, 0.05) is 135 Å². The van der Waals surface area contributed by atoms with Crippen molar-refractivity contribution in [1.82, 2.24) is 38.9 Å². The summed E-state index contributed by atoms with van der Waals surface area (Å²) in [6.45, 7) is 5.21. The van der Waals surface area contributed by atoms with Crippen LogP contribution in [0.3, 0.4) is 0 Å². The van der Waals surface area contributed by atoms with E-state index in [-0.39, 0.29) is 34.8 Å². The maximum atomic E-state index is 13.0. The van der Waals surface area contributed by atoms with E-state index in [4.69, 9.17) is 28.3 Å². The molecule has 20 nitrogen and oxygen atoms in total. The number of fused-ring (bicyclic) bond motifs is 4. The zero-order valence-corrected chi connectivity index (χ0v) is 49.9. The number of hydrogen-bond donors (Lipinski definition) is 2. The van der Waals surface area contributed by atoms with E-state index in [2.05, 4.69) is 46.5 Å². The third kappa shape index (κ3) is 11.4. The maximum Gasteiger partial charge on any atom is 0.270 e. The quantitative estimate of drug-likeness (QED) is 0.115. The number of nitrogens with one attached hydrogen (secondary N) is 2. The van der Waals surface area contributed by atoms with E-state index in [0.29, 0.717) is 114 Å². The first-order valence-electron chi connectivity index (χ1n) is 29.1. The second-order valence-corrected chi connectivity index (χ2v) is 24.1. The highest BCUT2D eigenvalue weighted by atomic mass is 32.1. The van der Waals surface area contributed by atoms with Crippen LogP contribution < -0.4 is 31.3 Å². The van der Waals surface area contributed by atoms with Crippen molar-refractivity contribution in [2.75, 3.05) is 101 Å². The molecule has 4 aliphatic rings. The molecule has 14 rings (SSSR count). The fourth-order valence-electron chi connectivity index (χ4n) is 11.8. The predicted molar refractivity (Wildman–Crippen MR) is 337 cm³/mol. The van der Waals surface area contributed by atoms with Crippen LogP contribution in [0.25, 0.3) is 53.8 Å². The molecule has 10 aromatic rings. The maximum absolute atomic E-state index is 13.0. The SMILES string of the molecule is CN(C)C(=O)c1cc2cnc(Nc3ccc(-c4csc5c(=O)cc(N6CCOCC6)oc45)cc3)nc2n1C1CCCC1.CN(C)C(=O)c1cc2cnc(Nc3ccc(C#Cc4csc5c(=O)cc(N6CCOCC6)oc45)cc3)nc2n1C1CCCC1. The first-order valence-corrected chi connectivity index (χ1v) is 30.9. The average molecular weight is 1190 g/mol. The number of thiophene rings is 2. The lowest BCUT2D eigenvalue weighted by Crippen LogP contribution is -2.36. The van der Waals surface area contributed by atoms with Gasteiger partial charge in [-0.05, 0) is 79.8 Å². The van der Waals surface area contributed by atoms with Gasteiger partial charge >= 0.3 is 0 Å². The number of nitrogens with zero attached hydrogens (tertiary/aromatic N) is 10. The summed E-state index contributed by atoms with van der Waals surface area (Å²) in [5.74, 6) is 8.40. The van der Waals surface area contributed by atoms with Crippen molar-refractivity contribution >= 4 is 112 Å². The first kappa shape index (κ1) is 56.3. The van der Waals surface area contributed by atoms with E-state index in [9.17, 15) is 19.2 Å². The standard InChI is InChI=1S/C33H32N6O4S.C31H32N6O4S/c1-37(2)32(41)26-17-23-19-34-33(36-31(23)39(26)25-5-3-4-6-25)35-24-11-8-21(9-12-24)7-10-22-20-44-30-27(40)18-28(43-29(22)30)38-13-15-42-16-14-38;1-35(2)30(39)24-15-20-17-32-31(34-29(20)37(24)22-5-3-4-6-22)33-21-9-7-19(8-10-21)23-18-42-28-25(38)16-26(41-27(23)28)36-11-13-40-14-12-36/h8-9,11-12,17-20,25H,3-6,13-16H2,1-2H3,(H,34,35,36);7-10,15-18,22H,3-6,11-14H2,1-2H3,(H,32,33,34). The van der Waals surface area contributed by atoms with Crippen LogP contribution in [0.2, 0.25) is 0 Å². The van der Waals surface area contributed by atoms with Crippen molar-refractivity contribution in [1.29, 1.82) is 0 Å². The molecular formula is C64H64N12O8S2. The summed E-state index contributed by atoms with van der Waals surface area (Å²) < 4.78 is 28.7. The van der Waals surface area contributed by atoms with Gasteiger partial charge in [-0.25, -0.2) is 9.97 Å². The largest absolute Gasteiger partial charge is 0.439 e. The molecule has 0 bridgehead atoms. The number of rotatable bonds is 11. The molecule has 2 N–H and O–H groups in total. The third-order valence-electron chi connectivity index (χ3n) is 16.2. The monoisotopic (exact) mass is 1190 g/mol. The summed E-state index contributed by atoms with van der Waals surface area (Å²) in [6, 6.07) is 23.1. The summed E-state index contributed by atoms with van der Waals surface area (Å²) in [4.78, 5) is 77.7. The van der Waals surface area contributed by atoms with Crippen LogP contribution in [0.15, 0.2) is 114 Å². The Labute approximate surface area is 503 Å². The van der Waals surface area contributed by atoms with Crippen molar-refractivity contribution in [3.8, 4) is 23.0 Å². The van der Waals surface area contributed by atoms with Gasteiger partial charge in [0.25, 0.3) is 11.8 Å². The Balaban J connectivity index is 0.000000160. The minimum atomic E-state index is -0.0577. The summed E-state index contributed by atoms with van der Waals surface area (Å²) in [7, 11) is 7.09. The second kappa shape index (κ2) is 24.2. The second-order valence-electron chi connectivity index (χ2n) is 22.4. The Kier molecular flexibility index (Phi) is 15.9. The zero-order chi connectivity index (χ0) is 59.0. The first-order chi connectivity index (χ1) is 41.9. The lowest BCUT2D eigenvalue weighted by Gasteiger charge is -2.27. The van der Waals surface area contributed by atoms with Gasteiger partial charge in [-0.3, -0.25) is 19.2 Å². The van der Waals surface area contributed by atoms with Crippen LogP contribution in [0.1, 0.15) is 95.6 Å². The normalized spacial score (nSPS) is 15.7. The van der Waals surface area contributed by atoms with Crippen molar-refractivity contribution in [3.63, 3.8) is 0 Å². The summed E-state index contributed by atoms with van der Waals surface area (Å²) >= 11 is 2.75. The molecule has 440 valence electrons. The molecule has 4 fully saturated rings. The lowest BCUT2D eigenvalue weighted by atomic mass is 10.1. The van der Waals surface area contributed by atoms with Crippen molar-refractivity contribution in [2.45, 2.75) is 63.5 Å². The van der Waals surface area contributed by atoms with E-state index in [1.165, 1.54) is 22.7 Å². The smallest absolute Gasteiger partial charge is 0.270 e. The number of aromatic nitrogens is 6. The van der Waals surface area contributed by atoms with E-state index in [0.717, 1.165) is 101 Å². The number of benzene rings is 2. The minimum absolute atomic E-state index is 0.0288. The number of morpholine rings is 2. The Morgan fingerprint density at radius 2 is 1.03 bits per heavy atom. The van der Waals surface area contributed by atoms with Crippen molar-refractivity contribution < 1.29 is 27.9 Å². The molecule has 86 heavy (non-hydrogen) atoms. The number of carbonyl (C=O) groups excluding carboxylic acids is 2. The van der Waals surface area contributed by atoms with Crippen LogP contribution >= 0.6 is 22.7 Å². The van der Waals surface area contributed by atoms with Crippen LogP contribution in [0.5, 0.6) is 0 Å². The molecule has 2 aliphatic heterocycles. The van der Waals surface area contributed by atoms with Gasteiger partial charge in [0.15, 0.2) is 22.9 Å².